The van der Waals surface area contributed by atoms with Gasteiger partial charge in [0.15, 0.2) is 6.19 Å². The molecule has 2 aliphatic rings. The van der Waals surface area contributed by atoms with Gasteiger partial charge >= 0.3 is 0 Å². The fourth-order valence-corrected chi connectivity index (χ4v) is 3.56. The Balaban J connectivity index is 1.62. The van der Waals surface area contributed by atoms with Gasteiger partial charge in [0, 0.05) is 18.8 Å². The van der Waals surface area contributed by atoms with Crippen LogP contribution in [0.1, 0.15) is 43.0 Å². The largest absolute Gasteiger partial charge is 0.314 e. The van der Waals surface area contributed by atoms with Gasteiger partial charge in [0.25, 0.3) is 5.91 Å². The molecule has 2 fully saturated rings. The van der Waals surface area contributed by atoms with Crippen LogP contribution in [0.4, 0.5) is 13.8 Å². The van der Waals surface area contributed by atoms with Crippen LogP contribution in [0.15, 0.2) is 6.20 Å². The standard InChI is InChI=1S/C13H14F2N4OS/c14-13(15)4-8(5-13)10-17-6-9(21-10)19-11(20)12(18-7-16)2-1-3-12/h6,8,18H,1-5H2,(H,19,20). The molecule has 112 valence electrons. The van der Waals surface area contributed by atoms with E-state index < -0.39 is 11.5 Å². The second-order valence-electron chi connectivity index (χ2n) is 5.65. The number of amides is 1. The van der Waals surface area contributed by atoms with Crippen LogP contribution in [0.25, 0.3) is 0 Å². The molecule has 1 aromatic rings. The van der Waals surface area contributed by atoms with E-state index in [0.29, 0.717) is 22.9 Å². The zero-order valence-corrected chi connectivity index (χ0v) is 12.0. The third-order valence-electron chi connectivity index (χ3n) is 4.14. The molecule has 1 heterocycles. The van der Waals surface area contributed by atoms with Crippen LogP contribution in [-0.4, -0.2) is 22.4 Å². The van der Waals surface area contributed by atoms with Gasteiger partial charge in [0.05, 0.1) is 11.2 Å². The Hall–Kier alpha value is -1.75. The summed E-state index contributed by atoms with van der Waals surface area (Å²) >= 11 is 1.23. The molecule has 2 N–H and O–H groups in total. The Kier molecular flexibility index (Phi) is 3.32. The van der Waals surface area contributed by atoms with E-state index in [9.17, 15) is 13.6 Å². The molecule has 2 saturated carbocycles. The number of nitriles is 1. The highest BCUT2D eigenvalue weighted by atomic mass is 32.1. The number of hydrogen-bond donors (Lipinski definition) is 2. The summed E-state index contributed by atoms with van der Waals surface area (Å²) in [6.07, 6.45) is 5.10. The zero-order valence-electron chi connectivity index (χ0n) is 11.2. The fourth-order valence-electron chi connectivity index (χ4n) is 2.65. The Morgan fingerprint density at radius 3 is 2.71 bits per heavy atom. The molecule has 1 aromatic heterocycles. The summed E-state index contributed by atoms with van der Waals surface area (Å²) in [5.41, 5.74) is -0.817. The predicted molar refractivity (Wildman–Crippen MR) is 73.0 cm³/mol. The molecular weight excluding hydrogens is 298 g/mol. The average molecular weight is 312 g/mol. The van der Waals surface area contributed by atoms with E-state index in [-0.39, 0.29) is 24.7 Å². The lowest BCUT2D eigenvalue weighted by Crippen LogP contribution is -2.57. The van der Waals surface area contributed by atoms with Crippen LogP contribution in [0.3, 0.4) is 0 Å². The number of thiazole rings is 1. The van der Waals surface area contributed by atoms with Crippen LogP contribution < -0.4 is 10.6 Å². The molecule has 21 heavy (non-hydrogen) atoms. The van der Waals surface area contributed by atoms with E-state index in [2.05, 4.69) is 15.6 Å². The third kappa shape index (κ3) is 2.58. The number of aromatic nitrogens is 1. The number of halogens is 2. The highest BCUT2D eigenvalue weighted by Gasteiger charge is 2.47. The maximum Gasteiger partial charge on any atom is 0.251 e. The topological polar surface area (TPSA) is 77.8 Å². The van der Waals surface area contributed by atoms with Crippen molar-refractivity contribution in [1.29, 1.82) is 5.26 Å². The van der Waals surface area contributed by atoms with Crippen molar-refractivity contribution in [2.75, 3.05) is 5.32 Å². The molecule has 0 bridgehead atoms. The summed E-state index contributed by atoms with van der Waals surface area (Å²) in [5.74, 6) is -3.05. The predicted octanol–water partition coefficient (Wildman–Crippen LogP) is 2.59. The lowest BCUT2D eigenvalue weighted by molar-refractivity contribution is -0.125. The summed E-state index contributed by atoms with van der Waals surface area (Å²) in [7, 11) is 0. The average Bonchev–Trinajstić information content (AvgIpc) is 2.78. The quantitative estimate of drug-likeness (QED) is 0.662. The molecule has 5 nitrogen and oxygen atoms in total. The maximum absolute atomic E-state index is 12.9. The fraction of sp³-hybridized carbons (Fsp3) is 0.615. The first-order chi connectivity index (χ1) is 9.94. The lowest BCUT2D eigenvalue weighted by atomic mass is 9.76. The minimum Gasteiger partial charge on any atom is -0.314 e. The van der Waals surface area contributed by atoms with Gasteiger partial charge in [-0.15, -0.1) is 11.3 Å². The molecule has 0 saturated heterocycles. The first-order valence-corrected chi connectivity index (χ1v) is 7.57. The third-order valence-corrected chi connectivity index (χ3v) is 5.21. The number of nitrogens with zero attached hydrogens (tertiary/aromatic N) is 2. The second kappa shape index (κ2) is 4.91. The van der Waals surface area contributed by atoms with Crippen molar-refractivity contribution in [2.45, 2.75) is 49.5 Å². The van der Waals surface area contributed by atoms with Gasteiger partial charge in [0.1, 0.15) is 10.5 Å². The van der Waals surface area contributed by atoms with E-state index in [0.717, 1.165) is 6.42 Å². The molecule has 0 unspecified atom stereocenters. The first-order valence-electron chi connectivity index (χ1n) is 6.75. The van der Waals surface area contributed by atoms with Crippen molar-refractivity contribution in [1.82, 2.24) is 10.3 Å². The SMILES string of the molecule is N#CNC1(C(=O)Nc2cnc(C3CC(F)(F)C3)s2)CCC1. The summed E-state index contributed by atoms with van der Waals surface area (Å²) < 4.78 is 25.7. The number of nitrogens with one attached hydrogen (secondary N) is 2. The number of anilines is 1. The molecular formula is C13H14F2N4OS. The second-order valence-corrected chi connectivity index (χ2v) is 6.71. The van der Waals surface area contributed by atoms with Gasteiger partial charge in [-0.1, -0.05) is 0 Å². The van der Waals surface area contributed by atoms with Crippen molar-refractivity contribution in [2.24, 2.45) is 0 Å². The molecule has 0 aliphatic heterocycles. The van der Waals surface area contributed by atoms with E-state index >= 15 is 0 Å². The maximum atomic E-state index is 12.9. The summed E-state index contributed by atoms with van der Waals surface area (Å²) in [6.45, 7) is 0. The highest BCUT2D eigenvalue weighted by Crippen LogP contribution is 2.49. The molecule has 8 heteroatoms. The molecule has 0 spiro atoms. The van der Waals surface area contributed by atoms with E-state index in [1.165, 1.54) is 17.5 Å². The summed E-state index contributed by atoms with van der Waals surface area (Å²) in [5, 5.41) is 15.2. The monoisotopic (exact) mass is 312 g/mol. The van der Waals surface area contributed by atoms with Crippen molar-refractivity contribution in [3.63, 3.8) is 0 Å². The minimum absolute atomic E-state index is 0.173. The van der Waals surface area contributed by atoms with Gasteiger partial charge in [-0.3, -0.25) is 4.79 Å². The summed E-state index contributed by atoms with van der Waals surface area (Å²) in [6, 6.07) is 0. The van der Waals surface area contributed by atoms with Crippen LogP contribution in [0.2, 0.25) is 0 Å². The van der Waals surface area contributed by atoms with Crippen molar-refractivity contribution in [3.8, 4) is 6.19 Å². The van der Waals surface area contributed by atoms with Gasteiger partial charge in [-0.2, -0.15) is 5.26 Å². The van der Waals surface area contributed by atoms with Crippen molar-refractivity contribution >= 4 is 22.2 Å². The highest BCUT2D eigenvalue weighted by molar-refractivity contribution is 7.16. The molecule has 0 atom stereocenters. The zero-order chi connectivity index (χ0) is 15.1. The molecule has 0 aromatic carbocycles. The smallest absolute Gasteiger partial charge is 0.251 e. The Labute approximate surface area is 124 Å². The number of alkyl halides is 2. The van der Waals surface area contributed by atoms with Crippen LogP contribution >= 0.6 is 11.3 Å². The number of rotatable bonds is 4. The van der Waals surface area contributed by atoms with Gasteiger partial charge in [-0.25, -0.2) is 13.8 Å². The van der Waals surface area contributed by atoms with Crippen LogP contribution in [0.5, 0.6) is 0 Å². The Morgan fingerprint density at radius 1 is 1.48 bits per heavy atom. The number of hydrogen-bond acceptors (Lipinski definition) is 5. The summed E-state index contributed by atoms with van der Waals surface area (Å²) in [4.78, 5) is 16.3. The molecule has 3 rings (SSSR count). The van der Waals surface area contributed by atoms with Crippen molar-refractivity contribution in [3.05, 3.63) is 11.2 Å². The van der Waals surface area contributed by atoms with Gasteiger partial charge < -0.3 is 10.6 Å². The molecule has 0 radical (unpaired) electrons. The van der Waals surface area contributed by atoms with E-state index in [1.54, 1.807) is 0 Å². The Morgan fingerprint density at radius 2 is 2.19 bits per heavy atom. The number of carbonyl (C=O) groups excluding carboxylic acids is 1. The Bertz CT molecular complexity index is 598. The van der Waals surface area contributed by atoms with Crippen LogP contribution in [0, 0.1) is 11.5 Å². The van der Waals surface area contributed by atoms with E-state index in [1.807, 2.05) is 6.19 Å². The normalized spacial score (nSPS) is 22.5. The first kappa shape index (κ1) is 14.2. The van der Waals surface area contributed by atoms with Gasteiger partial charge in [-0.05, 0) is 19.3 Å². The lowest BCUT2D eigenvalue weighted by Gasteiger charge is -2.38. The minimum atomic E-state index is -2.58. The molecule has 1 amide bonds. The van der Waals surface area contributed by atoms with Crippen molar-refractivity contribution < 1.29 is 13.6 Å². The number of carbonyl (C=O) groups is 1. The molecule has 2 aliphatic carbocycles. The van der Waals surface area contributed by atoms with Crippen LogP contribution in [-0.2, 0) is 4.79 Å². The van der Waals surface area contributed by atoms with E-state index in [4.69, 9.17) is 5.26 Å². The van der Waals surface area contributed by atoms with Gasteiger partial charge in [0.2, 0.25) is 5.92 Å².